The van der Waals surface area contributed by atoms with Crippen molar-refractivity contribution in [2.24, 2.45) is 0 Å². The van der Waals surface area contributed by atoms with Gasteiger partial charge in [-0.3, -0.25) is 0 Å². The van der Waals surface area contributed by atoms with Crippen LogP contribution in [0, 0.1) is 20.2 Å². The van der Waals surface area contributed by atoms with Gasteiger partial charge in [0, 0.05) is 0 Å². The Labute approximate surface area is 169 Å². The molecule has 0 N–H and O–H groups in total. The Balaban J connectivity index is 3.06. The standard InChI is InChI=1S/C7H6N2O4S.3C4H9.Sn/c10-8(11)6-1-5(4-14)2-7(3-6)9(12)13;3*1-3-4-2;/h1-3,14H,4H2;3*1,3-4H2,2H3;/q;;;;+1/p-1. The van der Waals surface area contributed by atoms with Crippen molar-refractivity contribution in [1.29, 1.82) is 0 Å². The predicted octanol–water partition coefficient (Wildman–Crippen LogP) is 7.08. The molecule has 0 heterocycles. The Morgan fingerprint density at radius 3 is 1.56 bits per heavy atom. The van der Waals surface area contributed by atoms with Crippen molar-refractivity contribution in [3.8, 4) is 0 Å². The molecule has 27 heavy (non-hydrogen) atoms. The molecule has 0 aliphatic rings. The van der Waals surface area contributed by atoms with E-state index in [0.717, 1.165) is 6.07 Å². The minimum absolute atomic E-state index is 0.184. The summed E-state index contributed by atoms with van der Waals surface area (Å²) < 4.78 is 4.02. The zero-order valence-corrected chi connectivity index (χ0v) is 20.4. The fourth-order valence-corrected chi connectivity index (χ4v) is 25.7. The quantitative estimate of drug-likeness (QED) is 0.154. The van der Waals surface area contributed by atoms with Gasteiger partial charge in [-0.15, -0.1) is 0 Å². The van der Waals surface area contributed by atoms with E-state index >= 15 is 0 Å². The van der Waals surface area contributed by atoms with Gasteiger partial charge in [0.1, 0.15) is 0 Å². The summed E-state index contributed by atoms with van der Waals surface area (Å²) in [5.41, 5.74) is 0.346. The Kier molecular flexibility index (Phi) is 11.3. The summed E-state index contributed by atoms with van der Waals surface area (Å²) in [6.45, 7) is 6.68. The molecule has 0 saturated heterocycles. The first-order chi connectivity index (χ1) is 12.9. The van der Waals surface area contributed by atoms with Crippen molar-refractivity contribution in [3.05, 3.63) is 44.0 Å². The van der Waals surface area contributed by atoms with E-state index < -0.39 is 26.8 Å². The molecule has 0 aliphatic carbocycles. The predicted molar refractivity (Wildman–Crippen MR) is 116 cm³/mol. The fourth-order valence-electron chi connectivity index (χ4n) is 3.28. The van der Waals surface area contributed by atoms with Crippen LogP contribution in [-0.4, -0.2) is 26.8 Å². The number of nitrogens with zero attached hydrogens (tertiary/aromatic N) is 2. The third-order valence-corrected chi connectivity index (χ3v) is 27.4. The number of nitro groups is 2. The molecule has 0 fully saturated rings. The average molecular weight is 503 g/mol. The number of unbranched alkanes of at least 4 members (excludes halogenated alkanes) is 3. The number of rotatable bonds is 14. The SMILES string of the molecule is CCC[CH2][Sn]([CH2]CCC)([CH2]CCC)[S]Cc1cc([N+](=O)[O-])cc([N+](=O)[O-])c1. The van der Waals surface area contributed by atoms with Gasteiger partial charge in [0.25, 0.3) is 0 Å². The van der Waals surface area contributed by atoms with Gasteiger partial charge in [-0.2, -0.15) is 0 Å². The maximum atomic E-state index is 11.1. The maximum absolute atomic E-state index is 11.1. The molecule has 0 spiro atoms. The van der Waals surface area contributed by atoms with Gasteiger partial charge >= 0.3 is 170 Å². The van der Waals surface area contributed by atoms with Gasteiger partial charge in [-0.05, 0) is 0 Å². The summed E-state index contributed by atoms with van der Waals surface area (Å²) in [6, 6.07) is 4.07. The van der Waals surface area contributed by atoms with Crippen LogP contribution in [0.25, 0.3) is 0 Å². The molecule has 0 saturated carbocycles. The Morgan fingerprint density at radius 1 is 0.815 bits per heavy atom. The summed E-state index contributed by atoms with van der Waals surface area (Å²) in [7, 11) is 2.05. The first kappa shape index (κ1) is 24.2. The van der Waals surface area contributed by atoms with Gasteiger partial charge in [-0.25, -0.2) is 0 Å². The first-order valence-corrected chi connectivity index (χ1v) is 20.5. The number of non-ortho nitro benzene ring substituents is 2. The summed E-state index contributed by atoms with van der Waals surface area (Å²) in [6.07, 6.45) is 7.35. The van der Waals surface area contributed by atoms with Crippen LogP contribution in [0.1, 0.15) is 64.9 Å². The van der Waals surface area contributed by atoms with Gasteiger partial charge in [0.2, 0.25) is 0 Å². The van der Waals surface area contributed by atoms with Crippen molar-refractivity contribution >= 4 is 37.3 Å². The van der Waals surface area contributed by atoms with Crippen LogP contribution >= 0.6 is 8.95 Å². The third-order valence-electron chi connectivity index (χ3n) is 4.89. The average Bonchev–Trinajstić information content (AvgIpc) is 2.66. The molecule has 1 rings (SSSR count). The van der Waals surface area contributed by atoms with E-state index in [2.05, 4.69) is 20.8 Å². The summed E-state index contributed by atoms with van der Waals surface area (Å²) >= 11 is -2.43. The van der Waals surface area contributed by atoms with Crippen LogP contribution in [0.3, 0.4) is 0 Å². The van der Waals surface area contributed by atoms with Crippen molar-refractivity contribution in [1.82, 2.24) is 0 Å². The monoisotopic (exact) mass is 504 g/mol. The van der Waals surface area contributed by atoms with Crippen molar-refractivity contribution in [2.45, 2.75) is 78.4 Å². The molecule has 0 aliphatic heterocycles. The van der Waals surface area contributed by atoms with Crippen LogP contribution in [0.2, 0.25) is 13.3 Å². The number of nitro benzene ring substituents is 2. The van der Waals surface area contributed by atoms with Crippen molar-refractivity contribution < 1.29 is 9.85 Å². The fraction of sp³-hybridized carbons (Fsp3) is 0.684. The topological polar surface area (TPSA) is 86.3 Å². The van der Waals surface area contributed by atoms with Gasteiger partial charge < -0.3 is 0 Å². The molecular formula is C19H32N2O4SSn. The Morgan fingerprint density at radius 2 is 1.22 bits per heavy atom. The van der Waals surface area contributed by atoms with Crippen LogP contribution in [-0.2, 0) is 5.75 Å². The number of benzene rings is 1. The molecule has 1 aromatic rings. The number of hydrogen-bond acceptors (Lipinski definition) is 5. The first-order valence-electron chi connectivity index (χ1n) is 9.94. The molecule has 6 nitrogen and oxygen atoms in total. The van der Waals surface area contributed by atoms with Gasteiger partial charge in [-0.1, -0.05) is 0 Å². The Bertz CT molecular complexity index is 574. The van der Waals surface area contributed by atoms with Gasteiger partial charge in [0.15, 0.2) is 0 Å². The van der Waals surface area contributed by atoms with E-state index in [1.54, 1.807) is 0 Å². The normalized spacial score (nSPS) is 11.5. The zero-order chi connectivity index (χ0) is 20.3. The molecular weight excluding hydrogens is 471 g/mol. The van der Waals surface area contributed by atoms with E-state index in [1.165, 1.54) is 64.0 Å². The minimum atomic E-state index is -2.43. The molecule has 1 aromatic carbocycles. The zero-order valence-electron chi connectivity index (χ0n) is 16.7. The van der Waals surface area contributed by atoms with Gasteiger partial charge in [0.05, 0.1) is 0 Å². The van der Waals surface area contributed by atoms with E-state index in [4.69, 9.17) is 0 Å². The van der Waals surface area contributed by atoms with E-state index in [-0.39, 0.29) is 11.4 Å². The molecule has 0 aromatic heterocycles. The van der Waals surface area contributed by atoms with Crippen LogP contribution in [0.4, 0.5) is 11.4 Å². The molecule has 8 heteroatoms. The summed E-state index contributed by atoms with van der Waals surface area (Å²) in [5.74, 6) is 0.662. The second-order valence-corrected chi connectivity index (χ2v) is 27.0. The summed E-state index contributed by atoms with van der Waals surface area (Å²) in [5, 5.41) is 22.3. The summed E-state index contributed by atoms with van der Waals surface area (Å²) in [4.78, 5) is 21.2. The van der Waals surface area contributed by atoms with E-state index in [0.29, 0.717) is 11.3 Å². The van der Waals surface area contributed by atoms with E-state index in [1.807, 2.05) is 8.95 Å². The molecule has 0 unspecified atom stereocenters. The van der Waals surface area contributed by atoms with Crippen molar-refractivity contribution in [2.75, 3.05) is 0 Å². The second kappa shape index (κ2) is 12.6. The van der Waals surface area contributed by atoms with Crippen molar-refractivity contribution in [3.63, 3.8) is 0 Å². The van der Waals surface area contributed by atoms with Crippen LogP contribution < -0.4 is 0 Å². The molecule has 152 valence electrons. The molecule has 0 radical (unpaired) electrons. The van der Waals surface area contributed by atoms with E-state index in [9.17, 15) is 20.2 Å². The molecule has 0 bridgehead atoms. The van der Waals surface area contributed by atoms with Crippen LogP contribution in [0.15, 0.2) is 18.2 Å². The third kappa shape index (κ3) is 8.37. The molecule has 0 atom stereocenters. The number of hydrogen-bond donors (Lipinski definition) is 0. The van der Waals surface area contributed by atoms with Crippen LogP contribution in [0.5, 0.6) is 0 Å². The second-order valence-electron chi connectivity index (χ2n) is 7.15. The Hall–Kier alpha value is -0.831. The molecule has 0 amide bonds.